The van der Waals surface area contributed by atoms with Gasteiger partial charge in [-0.15, -0.1) is 0 Å². The Kier molecular flexibility index (Phi) is 4.59. The standard InChI is InChI=1S/C13H17BrN2OS/c1-8(11-6-3-7-17-11)16-10-5-2-4-9(14)12(10)13(15)18/h2,4-5,8,11,16H,3,6-7H2,1H3,(H2,15,18). The third-order valence-corrected chi connectivity index (χ3v) is 4.03. The van der Waals surface area contributed by atoms with Crippen molar-refractivity contribution in [1.29, 1.82) is 0 Å². The molecule has 1 aromatic rings. The average Bonchev–Trinajstić information content (AvgIpc) is 2.81. The van der Waals surface area contributed by atoms with Gasteiger partial charge in [0.1, 0.15) is 4.99 Å². The lowest BCUT2D eigenvalue weighted by Crippen LogP contribution is -2.31. The van der Waals surface area contributed by atoms with Crippen LogP contribution in [0.3, 0.4) is 0 Å². The van der Waals surface area contributed by atoms with Crippen LogP contribution in [-0.2, 0) is 4.74 Å². The Morgan fingerprint density at radius 3 is 3.00 bits per heavy atom. The van der Waals surface area contributed by atoms with E-state index in [1.54, 1.807) is 0 Å². The van der Waals surface area contributed by atoms with Gasteiger partial charge in [-0.2, -0.15) is 0 Å². The molecule has 1 aliphatic heterocycles. The van der Waals surface area contributed by atoms with Gasteiger partial charge in [-0.1, -0.05) is 18.3 Å². The normalized spacial score (nSPS) is 20.7. The Bertz CT molecular complexity index is 447. The molecule has 0 amide bonds. The van der Waals surface area contributed by atoms with Gasteiger partial charge in [-0.3, -0.25) is 0 Å². The molecule has 1 fully saturated rings. The van der Waals surface area contributed by atoms with E-state index in [1.165, 1.54) is 0 Å². The summed E-state index contributed by atoms with van der Waals surface area (Å²) >= 11 is 8.58. The van der Waals surface area contributed by atoms with Gasteiger partial charge in [0.25, 0.3) is 0 Å². The molecule has 0 aromatic heterocycles. The zero-order chi connectivity index (χ0) is 13.1. The van der Waals surface area contributed by atoms with Gasteiger partial charge in [-0.25, -0.2) is 0 Å². The molecule has 0 saturated carbocycles. The molecule has 1 heterocycles. The number of nitrogens with two attached hydrogens (primary N) is 1. The summed E-state index contributed by atoms with van der Waals surface area (Å²) in [6.45, 7) is 2.98. The number of ether oxygens (including phenoxy) is 1. The fourth-order valence-electron chi connectivity index (χ4n) is 2.23. The minimum absolute atomic E-state index is 0.245. The Balaban J connectivity index is 2.17. The number of hydrogen-bond donors (Lipinski definition) is 2. The van der Waals surface area contributed by atoms with Crippen LogP contribution in [0.4, 0.5) is 5.69 Å². The smallest absolute Gasteiger partial charge is 0.107 e. The molecule has 2 unspecified atom stereocenters. The molecule has 3 nitrogen and oxygen atoms in total. The van der Waals surface area contributed by atoms with Crippen molar-refractivity contribution in [2.24, 2.45) is 5.73 Å². The summed E-state index contributed by atoms with van der Waals surface area (Å²) < 4.78 is 6.60. The van der Waals surface area contributed by atoms with Crippen molar-refractivity contribution in [3.05, 3.63) is 28.2 Å². The maximum Gasteiger partial charge on any atom is 0.107 e. The lowest BCUT2D eigenvalue weighted by Gasteiger charge is -2.23. The predicted octanol–water partition coefficient (Wildman–Crippen LogP) is 3.06. The highest BCUT2D eigenvalue weighted by Crippen LogP contribution is 2.27. The molecule has 2 rings (SSSR count). The van der Waals surface area contributed by atoms with Gasteiger partial charge < -0.3 is 15.8 Å². The van der Waals surface area contributed by atoms with Gasteiger partial charge in [0.05, 0.1) is 6.10 Å². The molecular formula is C13H17BrN2OS. The van der Waals surface area contributed by atoms with E-state index in [1.807, 2.05) is 18.2 Å². The molecule has 98 valence electrons. The monoisotopic (exact) mass is 328 g/mol. The maximum absolute atomic E-state index is 5.77. The highest BCUT2D eigenvalue weighted by molar-refractivity contribution is 9.10. The Labute approximate surface area is 121 Å². The van der Waals surface area contributed by atoms with Crippen molar-refractivity contribution in [2.75, 3.05) is 11.9 Å². The molecule has 18 heavy (non-hydrogen) atoms. The molecule has 1 aromatic carbocycles. The van der Waals surface area contributed by atoms with Crippen LogP contribution in [0.5, 0.6) is 0 Å². The fourth-order valence-corrected chi connectivity index (χ4v) is 3.16. The summed E-state index contributed by atoms with van der Waals surface area (Å²) in [5.41, 5.74) is 7.59. The molecular weight excluding hydrogens is 312 g/mol. The number of anilines is 1. The van der Waals surface area contributed by atoms with Crippen LogP contribution in [0.25, 0.3) is 0 Å². The summed E-state index contributed by atoms with van der Waals surface area (Å²) in [4.78, 5) is 0.393. The zero-order valence-electron chi connectivity index (χ0n) is 10.3. The molecule has 1 aliphatic rings. The van der Waals surface area contributed by atoms with E-state index in [9.17, 15) is 0 Å². The van der Waals surface area contributed by atoms with Gasteiger partial charge in [0.15, 0.2) is 0 Å². The number of hydrogen-bond acceptors (Lipinski definition) is 3. The molecule has 1 saturated heterocycles. The molecule has 0 bridgehead atoms. The van der Waals surface area contributed by atoms with Gasteiger partial charge in [-0.05, 0) is 47.8 Å². The summed E-state index contributed by atoms with van der Waals surface area (Å²) in [6, 6.07) is 6.15. The lowest BCUT2D eigenvalue weighted by atomic mass is 10.1. The first-order valence-electron chi connectivity index (χ1n) is 6.06. The number of thiocarbonyl (C=S) groups is 1. The average molecular weight is 329 g/mol. The maximum atomic E-state index is 5.77. The predicted molar refractivity (Wildman–Crippen MR) is 82.1 cm³/mol. The second kappa shape index (κ2) is 5.99. The van der Waals surface area contributed by atoms with Crippen LogP contribution in [0, 0.1) is 0 Å². The van der Waals surface area contributed by atoms with E-state index in [4.69, 9.17) is 22.7 Å². The first-order valence-corrected chi connectivity index (χ1v) is 7.26. The zero-order valence-corrected chi connectivity index (χ0v) is 12.7. The highest BCUT2D eigenvalue weighted by Gasteiger charge is 2.23. The van der Waals surface area contributed by atoms with Crippen LogP contribution in [-0.4, -0.2) is 23.7 Å². The number of nitrogens with one attached hydrogen (secondary N) is 1. The molecule has 0 aliphatic carbocycles. The molecule has 3 N–H and O–H groups in total. The summed E-state index contributed by atoms with van der Waals surface area (Å²) in [7, 11) is 0. The van der Waals surface area contributed by atoms with E-state index in [2.05, 4.69) is 28.2 Å². The van der Waals surface area contributed by atoms with Gasteiger partial charge in [0.2, 0.25) is 0 Å². The number of benzene rings is 1. The van der Waals surface area contributed by atoms with Gasteiger partial charge in [0, 0.05) is 28.4 Å². The van der Waals surface area contributed by atoms with Crippen LogP contribution in [0.2, 0.25) is 0 Å². The number of rotatable bonds is 4. The molecule has 2 atom stereocenters. The summed E-state index contributed by atoms with van der Waals surface area (Å²) in [5.74, 6) is 0. The van der Waals surface area contributed by atoms with Crippen molar-refractivity contribution >= 4 is 38.8 Å². The summed E-state index contributed by atoms with van der Waals surface area (Å²) in [5, 5.41) is 3.45. The minimum Gasteiger partial charge on any atom is -0.389 e. The molecule has 0 spiro atoms. The third kappa shape index (κ3) is 3.02. The van der Waals surface area contributed by atoms with Gasteiger partial charge >= 0.3 is 0 Å². The van der Waals surface area contributed by atoms with Crippen molar-refractivity contribution in [3.63, 3.8) is 0 Å². The SMILES string of the molecule is CC(Nc1cccc(Br)c1C(N)=S)C1CCCO1. The third-order valence-electron chi connectivity index (χ3n) is 3.17. The Morgan fingerprint density at radius 2 is 2.39 bits per heavy atom. The second-order valence-electron chi connectivity index (χ2n) is 4.51. The van der Waals surface area contributed by atoms with E-state index in [-0.39, 0.29) is 12.1 Å². The van der Waals surface area contributed by atoms with Crippen molar-refractivity contribution in [3.8, 4) is 0 Å². The Morgan fingerprint density at radius 1 is 1.61 bits per heavy atom. The summed E-state index contributed by atoms with van der Waals surface area (Å²) in [6.07, 6.45) is 2.50. The highest BCUT2D eigenvalue weighted by atomic mass is 79.9. The second-order valence-corrected chi connectivity index (χ2v) is 5.81. The minimum atomic E-state index is 0.245. The molecule has 5 heteroatoms. The number of halogens is 1. The van der Waals surface area contributed by atoms with Crippen LogP contribution < -0.4 is 11.1 Å². The fraction of sp³-hybridized carbons (Fsp3) is 0.462. The van der Waals surface area contributed by atoms with E-state index in [0.717, 1.165) is 35.2 Å². The van der Waals surface area contributed by atoms with Crippen molar-refractivity contribution < 1.29 is 4.74 Å². The topological polar surface area (TPSA) is 47.3 Å². The Hall–Kier alpha value is -0.650. The first-order chi connectivity index (χ1) is 8.59. The van der Waals surface area contributed by atoms with Crippen LogP contribution >= 0.6 is 28.1 Å². The largest absolute Gasteiger partial charge is 0.389 e. The lowest BCUT2D eigenvalue weighted by molar-refractivity contribution is 0.0996. The van der Waals surface area contributed by atoms with E-state index in [0.29, 0.717) is 4.99 Å². The van der Waals surface area contributed by atoms with E-state index < -0.39 is 0 Å². The first kappa shape index (κ1) is 13.8. The van der Waals surface area contributed by atoms with Crippen molar-refractivity contribution in [1.82, 2.24) is 0 Å². The molecule has 0 radical (unpaired) electrons. The van der Waals surface area contributed by atoms with E-state index >= 15 is 0 Å². The van der Waals surface area contributed by atoms with Crippen LogP contribution in [0.1, 0.15) is 25.3 Å². The van der Waals surface area contributed by atoms with Crippen LogP contribution in [0.15, 0.2) is 22.7 Å². The van der Waals surface area contributed by atoms with Crippen molar-refractivity contribution in [2.45, 2.75) is 31.9 Å². The quantitative estimate of drug-likeness (QED) is 0.834.